The van der Waals surface area contributed by atoms with Crippen LogP contribution in [0.5, 0.6) is 0 Å². The van der Waals surface area contributed by atoms with Crippen molar-refractivity contribution in [2.45, 2.75) is 19.0 Å². The molecule has 180 valence electrons. The lowest BCUT2D eigenvalue weighted by molar-refractivity contribution is -0.146. The van der Waals surface area contributed by atoms with Crippen molar-refractivity contribution in [2.24, 2.45) is 5.92 Å². The Morgan fingerprint density at radius 3 is 2.35 bits per heavy atom. The van der Waals surface area contributed by atoms with Gasteiger partial charge in [0.2, 0.25) is 5.91 Å². The third-order valence-electron chi connectivity index (χ3n) is 5.51. The zero-order valence-corrected chi connectivity index (χ0v) is 18.6. The Morgan fingerprint density at radius 1 is 1.00 bits per heavy atom. The molecule has 4 rings (SSSR count). The molecule has 2 amide bonds. The van der Waals surface area contributed by atoms with Gasteiger partial charge in [-0.05, 0) is 49.2 Å². The Bertz CT molecular complexity index is 1180. The van der Waals surface area contributed by atoms with Crippen molar-refractivity contribution in [3.05, 3.63) is 52.8 Å². The number of alkyl halides is 3. The second-order valence-corrected chi connectivity index (χ2v) is 8.23. The molecule has 3 heterocycles. The standard InChI is InChI=1S/C21H21ClF3N7O2/c22-15-3-1-13(2-4-15)18(33)26-9-10-27-19(34)14-7-11-31(12-8-14)17-6-5-16-28-29-20(21(23,24)25)32(16)30-17/h1-6,14H,7-12H2,(H,26,33)(H,27,34). The molecule has 0 bridgehead atoms. The number of carbonyl (C=O) groups is 2. The first-order chi connectivity index (χ1) is 16.2. The van der Waals surface area contributed by atoms with Gasteiger partial charge in [-0.25, -0.2) is 0 Å². The van der Waals surface area contributed by atoms with Crippen molar-refractivity contribution in [3.63, 3.8) is 0 Å². The first-order valence-corrected chi connectivity index (χ1v) is 11.0. The average Bonchev–Trinajstić information content (AvgIpc) is 3.26. The van der Waals surface area contributed by atoms with Crippen LogP contribution in [0.4, 0.5) is 19.0 Å². The summed E-state index contributed by atoms with van der Waals surface area (Å²) in [5.74, 6) is -1.43. The minimum Gasteiger partial charge on any atom is -0.355 e. The van der Waals surface area contributed by atoms with Gasteiger partial charge in [-0.2, -0.15) is 17.7 Å². The lowest BCUT2D eigenvalue weighted by Crippen LogP contribution is -2.43. The number of anilines is 1. The van der Waals surface area contributed by atoms with E-state index in [0.717, 1.165) is 0 Å². The molecule has 0 unspecified atom stereocenters. The summed E-state index contributed by atoms with van der Waals surface area (Å²) < 4.78 is 40.0. The average molecular weight is 496 g/mol. The second kappa shape index (κ2) is 9.84. The molecular weight excluding hydrogens is 475 g/mol. The third-order valence-corrected chi connectivity index (χ3v) is 5.76. The van der Waals surface area contributed by atoms with Crippen LogP contribution in [0.2, 0.25) is 5.02 Å². The van der Waals surface area contributed by atoms with Crippen LogP contribution in [0, 0.1) is 5.92 Å². The van der Waals surface area contributed by atoms with Gasteiger partial charge in [0.25, 0.3) is 11.7 Å². The van der Waals surface area contributed by atoms with Gasteiger partial charge in [-0.3, -0.25) is 9.59 Å². The zero-order chi connectivity index (χ0) is 24.3. The maximum Gasteiger partial charge on any atom is 0.453 e. The van der Waals surface area contributed by atoms with Crippen LogP contribution in [0.25, 0.3) is 5.65 Å². The molecule has 1 aliphatic heterocycles. The number of nitrogens with zero attached hydrogens (tertiary/aromatic N) is 5. The van der Waals surface area contributed by atoms with Crippen LogP contribution in [0.15, 0.2) is 36.4 Å². The number of carbonyl (C=O) groups excluding carboxylic acids is 2. The van der Waals surface area contributed by atoms with E-state index in [1.807, 2.05) is 4.90 Å². The quantitative estimate of drug-likeness (QED) is 0.509. The highest BCUT2D eigenvalue weighted by atomic mass is 35.5. The Balaban J connectivity index is 1.24. The molecule has 0 radical (unpaired) electrons. The molecule has 0 aliphatic carbocycles. The van der Waals surface area contributed by atoms with Crippen molar-refractivity contribution in [1.82, 2.24) is 30.4 Å². The minimum atomic E-state index is -4.66. The molecular formula is C21H21ClF3N7O2. The number of piperidine rings is 1. The first kappa shape index (κ1) is 23.7. The van der Waals surface area contributed by atoms with E-state index in [0.29, 0.717) is 46.9 Å². The van der Waals surface area contributed by atoms with Crippen molar-refractivity contribution in [1.29, 1.82) is 0 Å². The van der Waals surface area contributed by atoms with E-state index < -0.39 is 12.0 Å². The molecule has 1 fully saturated rings. The van der Waals surface area contributed by atoms with Gasteiger partial charge < -0.3 is 15.5 Å². The van der Waals surface area contributed by atoms with Gasteiger partial charge in [0, 0.05) is 42.7 Å². The molecule has 2 N–H and O–H groups in total. The number of benzene rings is 1. The summed E-state index contributed by atoms with van der Waals surface area (Å²) in [6.45, 7) is 1.49. The summed E-state index contributed by atoms with van der Waals surface area (Å²) >= 11 is 5.80. The van der Waals surface area contributed by atoms with E-state index in [2.05, 4.69) is 25.9 Å². The van der Waals surface area contributed by atoms with Crippen LogP contribution >= 0.6 is 11.6 Å². The van der Waals surface area contributed by atoms with Crippen molar-refractivity contribution >= 4 is 34.9 Å². The molecule has 9 nitrogen and oxygen atoms in total. The summed E-state index contributed by atoms with van der Waals surface area (Å²) in [5.41, 5.74) is 0.484. The maximum atomic E-state index is 13.1. The van der Waals surface area contributed by atoms with Gasteiger partial charge >= 0.3 is 6.18 Å². The highest BCUT2D eigenvalue weighted by Crippen LogP contribution is 2.28. The topological polar surface area (TPSA) is 105 Å². The van der Waals surface area contributed by atoms with Crippen LogP contribution in [-0.4, -0.2) is 57.8 Å². The Labute approximate surface area is 197 Å². The summed E-state index contributed by atoms with van der Waals surface area (Å²) in [4.78, 5) is 26.4. The number of nitrogens with one attached hydrogen (secondary N) is 2. The molecule has 13 heteroatoms. The fourth-order valence-corrected chi connectivity index (χ4v) is 3.83. The largest absolute Gasteiger partial charge is 0.453 e. The maximum absolute atomic E-state index is 13.1. The van der Waals surface area contributed by atoms with Gasteiger partial charge in [0.1, 0.15) is 5.82 Å². The second-order valence-electron chi connectivity index (χ2n) is 7.80. The normalized spacial score (nSPS) is 14.9. The number of halogens is 4. The number of amides is 2. The van der Waals surface area contributed by atoms with E-state index in [4.69, 9.17) is 11.6 Å². The molecule has 0 atom stereocenters. The Hall–Kier alpha value is -3.41. The molecule has 1 aliphatic rings. The molecule has 1 aromatic carbocycles. The van der Waals surface area contributed by atoms with E-state index in [-0.39, 0.29) is 36.5 Å². The van der Waals surface area contributed by atoms with E-state index in [1.165, 1.54) is 6.07 Å². The number of rotatable bonds is 6. The Kier molecular flexibility index (Phi) is 6.87. The molecule has 34 heavy (non-hydrogen) atoms. The lowest BCUT2D eigenvalue weighted by atomic mass is 9.96. The highest BCUT2D eigenvalue weighted by molar-refractivity contribution is 6.30. The SMILES string of the molecule is O=C(NCCNC(=O)C1CCN(c2ccc3nnc(C(F)(F)F)n3n2)CC1)c1ccc(Cl)cc1. The predicted octanol–water partition coefficient (Wildman–Crippen LogP) is 2.56. The molecule has 0 spiro atoms. The molecule has 2 aromatic heterocycles. The lowest BCUT2D eigenvalue weighted by Gasteiger charge is -2.32. The molecule has 3 aromatic rings. The number of hydrogen-bond donors (Lipinski definition) is 2. The fraction of sp³-hybridized carbons (Fsp3) is 0.381. The molecule has 0 saturated carbocycles. The van der Waals surface area contributed by atoms with E-state index in [9.17, 15) is 22.8 Å². The van der Waals surface area contributed by atoms with Crippen LogP contribution in [0.1, 0.15) is 29.0 Å². The van der Waals surface area contributed by atoms with Crippen molar-refractivity contribution < 1.29 is 22.8 Å². The zero-order valence-electron chi connectivity index (χ0n) is 17.8. The number of hydrogen-bond acceptors (Lipinski definition) is 6. The number of aromatic nitrogens is 4. The van der Waals surface area contributed by atoms with Crippen molar-refractivity contribution in [2.75, 3.05) is 31.1 Å². The van der Waals surface area contributed by atoms with E-state index >= 15 is 0 Å². The first-order valence-electron chi connectivity index (χ1n) is 10.6. The molecule has 1 saturated heterocycles. The summed E-state index contributed by atoms with van der Waals surface area (Å²) in [6, 6.07) is 9.50. The summed E-state index contributed by atoms with van der Waals surface area (Å²) in [7, 11) is 0. The van der Waals surface area contributed by atoms with Gasteiger partial charge in [0.15, 0.2) is 5.65 Å². The van der Waals surface area contributed by atoms with Crippen molar-refractivity contribution in [3.8, 4) is 0 Å². The van der Waals surface area contributed by atoms with Gasteiger partial charge in [-0.15, -0.1) is 15.3 Å². The fourth-order valence-electron chi connectivity index (χ4n) is 3.70. The highest BCUT2D eigenvalue weighted by Gasteiger charge is 2.38. The van der Waals surface area contributed by atoms with Crippen LogP contribution in [0.3, 0.4) is 0 Å². The minimum absolute atomic E-state index is 0.00786. The third kappa shape index (κ3) is 5.38. The van der Waals surface area contributed by atoms with Gasteiger partial charge in [-0.1, -0.05) is 11.6 Å². The van der Waals surface area contributed by atoms with E-state index in [1.54, 1.807) is 30.3 Å². The Morgan fingerprint density at radius 2 is 1.68 bits per heavy atom. The summed E-state index contributed by atoms with van der Waals surface area (Å²) in [5, 5.41) is 16.8. The predicted molar refractivity (Wildman–Crippen MR) is 118 cm³/mol. The smallest absolute Gasteiger partial charge is 0.355 e. The number of fused-ring (bicyclic) bond motifs is 1. The van der Waals surface area contributed by atoms with Crippen LogP contribution < -0.4 is 15.5 Å². The van der Waals surface area contributed by atoms with Gasteiger partial charge in [0.05, 0.1) is 0 Å². The van der Waals surface area contributed by atoms with Crippen LogP contribution in [-0.2, 0) is 11.0 Å². The summed E-state index contributed by atoms with van der Waals surface area (Å²) in [6.07, 6.45) is -3.61. The monoisotopic (exact) mass is 495 g/mol.